The second-order valence-electron chi connectivity index (χ2n) is 4.53. The van der Waals surface area contributed by atoms with Gasteiger partial charge < -0.3 is 15.5 Å². The Kier molecular flexibility index (Phi) is 3.81. The van der Waals surface area contributed by atoms with Crippen molar-refractivity contribution in [3.8, 4) is 0 Å². The van der Waals surface area contributed by atoms with Crippen LogP contribution in [0, 0.1) is 6.92 Å². The van der Waals surface area contributed by atoms with Crippen LogP contribution in [0.15, 0.2) is 4.42 Å². The first-order valence-corrected chi connectivity index (χ1v) is 6.29. The van der Waals surface area contributed by atoms with Gasteiger partial charge in [0, 0.05) is 24.9 Å². The van der Waals surface area contributed by atoms with Crippen molar-refractivity contribution in [3.05, 3.63) is 22.6 Å². The van der Waals surface area contributed by atoms with E-state index in [1.54, 1.807) is 6.92 Å². The Bertz CT molecular complexity index is 477. The third-order valence-electron chi connectivity index (χ3n) is 3.18. The summed E-state index contributed by atoms with van der Waals surface area (Å²) in [5, 5.41) is 2.74. The van der Waals surface area contributed by atoms with Crippen LogP contribution in [0.5, 0.6) is 0 Å². The fourth-order valence-corrected chi connectivity index (χ4v) is 2.25. The van der Waals surface area contributed by atoms with Gasteiger partial charge in [-0.2, -0.15) is 0 Å². The predicted molar refractivity (Wildman–Crippen MR) is 66.7 cm³/mol. The van der Waals surface area contributed by atoms with Crippen molar-refractivity contribution in [2.24, 2.45) is 5.73 Å². The molecule has 1 aliphatic rings. The van der Waals surface area contributed by atoms with Crippen LogP contribution in [-0.2, 0) is 6.42 Å². The van der Waals surface area contributed by atoms with Crippen LogP contribution in [0.2, 0.25) is 0 Å². The number of ketones is 1. The lowest BCUT2D eigenvalue weighted by molar-refractivity contribution is 0.0919. The molecule has 0 radical (unpaired) electrons. The summed E-state index contributed by atoms with van der Waals surface area (Å²) in [6.07, 6.45) is 2.80. The van der Waals surface area contributed by atoms with Gasteiger partial charge >= 0.3 is 0 Å². The largest absolute Gasteiger partial charge is 0.455 e. The Labute approximate surface area is 106 Å². The minimum absolute atomic E-state index is 0.0820. The number of carbonyl (C=O) groups excluding carboxylic acids is 2. The molecule has 3 N–H and O–H groups in total. The molecule has 18 heavy (non-hydrogen) atoms. The van der Waals surface area contributed by atoms with Gasteiger partial charge in [-0.15, -0.1) is 0 Å². The molecule has 0 fully saturated rings. The monoisotopic (exact) mass is 250 g/mol. The zero-order valence-electron chi connectivity index (χ0n) is 10.5. The Morgan fingerprint density at radius 2 is 2.22 bits per heavy atom. The Hall–Kier alpha value is -1.62. The van der Waals surface area contributed by atoms with Crippen LogP contribution in [-0.4, -0.2) is 24.8 Å². The zero-order chi connectivity index (χ0) is 13.1. The van der Waals surface area contributed by atoms with Crippen molar-refractivity contribution in [2.75, 3.05) is 13.1 Å². The number of nitrogens with one attached hydrogen (secondary N) is 1. The van der Waals surface area contributed by atoms with Gasteiger partial charge in [0.05, 0.1) is 5.56 Å². The van der Waals surface area contributed by atoms with Gasteiger partial charge in [0.1, 0.15) is 5.76 Å². The number of amides is 1. The number of rotatable bonds is 4. The van der Waals surface area contributed by atoms with E-state index in [0.717, 1.165) is 19.3 Å². The van der Waals surface area contributed by atoms with Crippen LogP contribution in [0.3, 0.4) is 0 Å². The Morgan fingerprint density at radius 3 is 2.89 bits per heavy atom. The lowest BCUT2D eigenvalue weighted by atomic mass is 9.94. The molecule has 1 aliphatic carbocycles. The van der Waals surface area contributed by atoms with Gasteiger partial charge in [-0.05, 0) is 26.3 Å². The van der Waals surface area contributed by atoms with E-state index in [9.17, 15) is 9.59 Å². The number of aryl methyl sites for hydroxylation is 1. The Morgan fingerprint density at radius 1 is 1.44 bits per heavy atom. The summed E-state index contributed by atoms with van der Waals surface area (Å²) < 4.78 is 5.54. The number of carbonyl (C=O) groups is 2. The van der Waals surface area contributed by atoms with E-state index in [2.05, 4.69) is 5.32 Å². The normalized spacial score (nSPS) is 14.4. The summed E-state index contributed by atoms with van der Waals surface area (Å²) >= 11 is 0. The second-order valence-corrected chi connectivity index (χ2v) is 4.53. The molecule has 5 nitrogen and oxygen atoms in total. The van der Waals surface area contributed by atoms with Gasteiger partial charge in [0.15, 0.2) is 11.5 Å². The van der Waals surface area contributed by atoms with Crippen molar-refractivity contribution in [2.45, 2.75) is 32.6 Å². The first-order chi connectivity index (χ1) is 8.65. The lowest BCUT2D eigenvalue weighted by Gasteiger charge is -2.07. The number of hydrogen-bond donors (Lipinski definition) is 2. The molecule has 2 rings (SSSR count). The van der Waals surface area contributed by atoms with Crippen molar-refractivity contribution >= 4 is 11.7 Å². The quantitative estimate of drug-likeness (QED) is 0.786. The first kappa shape index (κ1) is 12.8. The lowest BCUT2D eigenvalue weighted by Crippen LogP contribution is -2.26. The fourth-order valence-electron chi connectivity index (χ4n) is 2.25. The highest BCUT2D eigenvalue weighted by Gasteiger charge is 2.28. The maximum Gasteiger partial charge on any atom is 0.287 e. The molecule has 0 bridgehead atoms. The van der Waals surface area contributed by atoms with E-state index in [1.807, 2.05) is 0 Å². The van der Waals surface area contributed by atoms with Crippen molar-refractivity contribution in [3.63, 3.8) is 0 Å². The van der Waals surface area contributed by atoms with Gasteiger partial charge in [0.2, 0.25) is 0 Å². The van der Waals surface area contributed by atoms with E-state index in [0.29, 0.717) is 36.4 Å². The molecule has 5 heteroatoms. The maximum absolute atomic E-state index is 11.9. The van der Waals surface area contributed by atoms with Crippen molar-refractivity contribution < 1.29 is 14.0 Å². The van der Waals surface area contributed by atoms with E-state index >= 15 is 0 Å². The standard InChI is InChI=1S/C13H18N2O3/c1-8-11-9(16)4-2-5-10(11)18-12(8)13(17)15-7-3-6-14/h2-7,14H2,1H3,(H,15,17). The molecule has 0 aliphatic heterocycles. The first-order valence-electron chi connectivity index (χ1n) is 6.29. The summed E-state index contributed by atoms with van der Waals surface area (Å²) in [6, 6.07) is 0. The molecular formula is C13H18N2O3. The molecule has 0 saturated carbocycles. The molecule has 1 aromatic heterocycles. The number of furan rings is 1. The highest BCUT2D eigenvalue weighted by molar-refractivity contribution is 6.03. The topological polar surface area (TPSA) is 85.3 Å². The van der Waals surface area contributed by atoms with Gasteiger partial charge in [-0.1, -0.05) is 0 Å². The van der Waals surface area contributed by atoms with Crippen LogP contribution in [0.4, 0.5) is 0 Å². The fraction of sp³-hybridized carbons (Fsp3) is 0.538. The van der Waals surface area contributed by atoms with Crippen molar-refractivity contribution in [1.29, 1.82) is 0 Å². The van der Waals surface area contributed by atoms with E-state index in [4.69, 9.17) is 10.2 Å². The number of Topliss-reactive ketones (excluding diaryl/α,β-unsaturated/α-hetero) is 1. The van der Waals surface area contributed by atoms with Gasteiger partial charge in [-0.3, -0.25) is 9.59 Å². The number of nitrogens with two attached hydrogens (primary N) is 1. The summed E-state index contributed by atoms with van der Waals surface area (Å²) in [4.78, 5) is 23.7. The van der Waals surface area contributed by atoms with E-state index in [-0.39, 0.29) is 17.5 Å². The predicted octanol–water partition coefficient (Wildman–Crippen LogP) is 1.19. The average Bonchev–Trinajstić information content (AvgIpc) is 2.68. The minimum Gasteiger partial charge on any atom is -0.455 e. The highest BCUT2D eigenvalue weighted by atomic mass is 16.4. The van der Waals surface area contributed by atoms with E-state index < -0.39 is 0 Å². The summed E-state index contributed by atoms with van der Waals surface area (Å²) in [5.41, 5.74) is 6.64. The minimum atomic E-state index is -0.261. The Balaban J connectivity index is 2.19. The maximum atomic E-state index is 11.9. The molecule has 98 valence electrons. The molecule has 0 spiro atoms. The average molecular weight is 250 g/mol. The third kappa shape index (κ3) is 2.31. The highest BCUT2D eigenvalue weighted by Crippen LogP contribution is 2.29. The van der Waals surface area contributed by atoms with Crippen LogP contribution < -0.4 is 11.1 Å². The van der Waals surface area contributed by atoms with Gasteiger partial charge in [0.25, 0.3) is 5.91 Å². The third-order valence-corrected chi connectivity index (χ3v) is 3.18. The van der Waals surface area contributed by atoms with Crippen LogP contribution in [0.25, 0.3) is 0 Å². The molecule has 1 amide bonds. The molecule has 1 heterocycles. The van der Waals surface area contributed by atoms with Crippen molar-refractivity contribution in [1.82, 2.24) is 5.32 Å². The van der Waals surface area contributed by atoms with E-state index in [1.165, 1.54) is 0 Å². The molecule has 0 aromatic carbocycles. The SMILES string of the molecule is Cc1c(C(=O)NCCCN)oc2c1C(=O)CCC2. The molecule has 1 aromatic rings. The molecule has 0 atom stereocenters. The zero-order valence-corrected chi connectivity index (χ0v) is 10.5. The number of fused-ring (bicyclic) bond motifs is 1. The molecule has 0 unspecified atom stereocenters. The summed E-state index contributed by atoms with van der Waals surface area (Å²) in [7, 11) is 0. The number of hydrogen-bond acceptors (Lipinski definition) is 4. The van der Waals surface area contributed by atoms with Crippen LogP contribution >= 0.6 is 0 Å². The molecular weight excluding hydrogens is 232 g/mol. The second kappa shape index (κ2) is 5.35. The van der Waals surface area contributed by atoms with Gasteiger partial charge in [-0.25, -0.2) is 0 Å². The van der Waals surface area contributed by atoms with Crippen LogP contribution in [0.1, 0.15) is 51.5 Å². The summed E-state index contributed by atoms with van der Waals surface area (Å²) in [6.45, 7) is 2.82. The summed E-state index contributed by atoms with van der Waals surface area (Å²) in [5.74, 6) is 0.752. The smallest absolute Gasteiger partial charge is 0.287 e. The molecule has 0 saturated heterocycles.